The van der Waals surface area contributed by atoms with Crippen molar-refractivity contribution in [1.29, 1.82) is 0 Å². The fourth-order valence-corrected chi connectivity index (χ4v) is 1.53. The predicted octanol–water partition coefficient (Wildman–Crippen LogP) is -1.51. The van der Waals surface area contributed by atoms with E-state index in [-0.39, 0.29) is 5.56 Å². The van der Waals surface area contributed by atoms with E-state index in [0.717, 1.165) is 10.8 Å². The molecule has 1 aromatic rings. The Kier molecular flexibility index (Phi) is 2.50. The van der Waals surface area contributed by atoms with Crippen molar-refractivity contribution in [2.75, 3.05) is 6.61 Å². The van der Waals surface area contributed by atoms with Crippen molar-refractivity contribution < 1.29 is 17.7 Å². The molecule has 3 N–H and O–H groups in total. The van der Waals surface area contributed by atoms with Crippen LogP contribution >= 0.6 is 0 Å². The molecule has 1 fully saturated rings. The van der Waals surface area contributed by atoms with Crippen LogP contribution in [0.1, 0.15) is 20.9 Å². The Balaban J connectivity index is 2.55. The van der Waals surface area contributed by atoms with E-state index >= 15 is 0 Å². The minimum absolute atomic E-state index is 0.170. The number of aromatic nitrogens is 2. The van der Waals surface area contributed by atoms with Gasteiger partial charge in [0, 0.05) is 19.5 Å². The van der Waals surface area contributed by atoms with Gasteiger partial charge in [0.25, 0.3) is 5.56 Å². The monoisotopic (exact) mass is 244 g/mol. The SMILES string of the molecule is [2H]C1[C@H](O)[C@@H](CO)O[C@@]1([2H])n1cc(C)c(=O)[nH]c1=O. The number of hydrogen-bond donors (Lipinski definition) is 3. The molecule has 2 heterocycles. The molecular weight excluding hydrogens is 228 g/mol. The highest BCUT2D eigenvalue weighted by Gasteiger charge is 2.34. The molecule has 0 spiro atoms. The number of aliphatic hydroxyl groups is 2. The summed E-state index contributed by atoms with van der Waals surface area (Å²) in [6.07, 6.45) is -5.12. The van der Waals surface area contributed by atoms with Crippen LogP contribution in [0.4, 0.5) is 0 Å². The van der Waals surface area contributed by atoms with E-state index in [1.165, 1.54) is 6.92 Å². The van der Waals surface area contributed by atoms with Gasteiger partial charge in [0.1, 0.15) is 12.3 Å². The van der Waals surface area contributed by atoms with Crippen molar-refractivity contribution in [3.05, 3.63) is 32.6 Å². The number of rotatable bonds is 2. The molecule has 1 unspecified atom stereocenters. The van der Waals surface area contributed by atoms with Gasteiger partial charge in [-0.25, -0.2) is 4.79 Å². The van der Waals surface area contributed by atoms with Crippen LogP contribution < -0.4 is 11.2 Å². The normalized spacial score (nSPS) is 38.9. The van der Waals surface area contributed by atoms with Crippen LogP contribution in [0.5, 0.6) is 0 Å². The minimum Gasteiger partial charge on any atom is -0.394 e. The zero-order chi connectivity index (χ0) is 14.4. The Morgan fingerprint density at radius 3 is 3.06 bits per heavy atom. The number of aromatic amines is 1. The first-order valence-corrected chi connectivity index (χ1v) is 5.03. The Hall–Kier alpha value is -1.44. The van der Waals surface area contributed by atoms with Crippen LogP contribution in [0, 0.1) is 6.92 Å². The Bertz CT molecular complexity index is 600. The van der Waals surface area contributed by atoms with Crippen LogP contribution in [-0.4, -0.2) is 38.6 Å². The summed E-state index contributed by atoms with van der Waals surface area (Å²) in [5.74, 6) is 0. The molecule has 0 amide bonds. The van der Waals surface area contributed by atoms with Crippen molar-refractivity contribution >= 4 is 0 Å². The maximum Gasteiger partial charge on any atom is 0.330 e. The van der Waals surface area contributed by atoms with E-state index in [2.05, 4.69) is 0 Å². The lowest BCUT2D eigenvalue weighted by atomic mass is 10.2. The van der Waals surface area contributed by atoms with Crippen LogP contribution in [0.25, 0.3) is 0 Å². The molecule has 4 atom stereocenters. The maximum atomic E-state index is 11.7. The minimum atomic E-state index is -2.20. The largest absolute Gasteiger partial charge is 0.394 e. The van der Waals surface area contributed by atoms with Gasteiger partial charge >= 0.3 is 5.69 Å². The predicted molar refractivity (Wildman–Crippen MR) is 57.7 cm³/mol. The molecular formula is C10H14N2O5. The molecule has 1 saturated heterocycles. The second kappa shape index (κ2) is 4.44. The van der Waals surface area contributed by atoms with Gasteiger partial charge in [0.2, 0.25) is 0 Å². The average Bonchev–Trinajstić information content (AvgIpc) is 2.59. The summed E-state index contributed by atoms with van der Waals surface area (Å²) in [5, 5.41) is 18.7. The molecule has 1 aliphatic heterocycles. The van der Waals surface area contributed by atoms with Crippen LogP contribution in [-0.2, 0) is 4.74 Å². The van der Waals surface area contributed by atoms with Gasteiger partial charge in [-0.05, 0) is 6.92 Å². The highest BCUT2D eigenvalue weighted by Crippen LogP contribution is 2.27. The van der Waals surface area contributed by atoms with Crippen molar-refractivity contribution in [2.24, 2.45) is 0 Å². The van der Waals surface area contributed by atoms with Crippen molar-refractivity contribution in [3.63, 3.8) is 0 Å². The molecule has 17 heavy (non-hydrogen) atoms. The third kappa shape index (κ3) is 2.17. The fourth-order valence-electron chi connectivity index (χ4n) is 1.53. The third-order valence-corrected chi connectivity index (χ3v) is 2.50. The number of nitrogens with zero attached hydrogens (tertiary/aromatic N) is 1. The van der Waals surface area contributed by atoms with E-state index in [4.69, 9.17) is 12.6 Å². The Morgan fingerprint density at radius 2 is 2.47 bits per heavy atom. The summed E-state index contributed by atoms with van der Waals surface area (Å²) in [5.41, 5.74) is -1.33. The second-order valence-corrected chi connectivity index (χ2v) is 3.78. The molecule has 1 aromatic heterocycles. The number of hydrogen-bond acceptors (Lipinski definition) is 5. The van der Waals surface area contributed by atoms with Crippen molar-refractivity contribution in [1.82, 2.24) is 9.55 Å². The molecule has 7 heteroatoms. The number of H-pyrrole nitrogens is 1. The summed E-state index contributed by atoms with van der Waals surface area (Å²) in [7, 11) is 0. The molecule has 94 valence electrons. The zero-order valence-corrected chi connectivity index (χ0v) is 9.08. The molecule has 1 aliphatic rings. The molecule has 0 bridgehead atoms. The lowest BCUT2D eigenvalue weighted by Crippen LogP contribution is -2.33. The Morgan fingerprint density at radius 1 is 1.76 bits per heavy atom. The number of ether oxygens (including phenoxy) is 1. The van der Waals surface area contributed by atoms with Crippen molar-refractivity contribution in [2.45, 2.75) is 31.7 Å². The summed E-state index contributed by atoms with van der Waals surface area (Å²) < 4.78 is 21.7. The first-order valence-electron chi connectivity index (χ1n) is 6.11. The van der Waals surface area contributed by atoms with E-state index in [1.807, 2.05) is 4.98 Å². The second-order valence-electron chi connectivity index (χ2n) is 3.78. The van der Waals surface area contributed by atoms with Gasteiger partial charge in [0.15, 0.2) is 0 Å². The quantitative estimate of drug-likeness (QED) is 0.586. The average molecular weight is 244 g/mol. The highest BCUT2D eigenvalue weighted by molar-refractivity contribution is 5.02. The van der Waals surface area contributed by atoms with Crippen LogP contribution in [0.15, 0.2) is 15.8 Å². The molecule has 0 saturated carbocycles. The topological polar surface area (TPSA) is 105 Å². The first kappa shape index (κ1) is 9.58. The standard InChI is InChI=1S/C10H14N2O5/c1-5-3-12(10(16)11-9(5)15)8-2-6(14)7(4-13)17-8/h3,6-8,13-14H,2,4H2,1H3,(H,11,15,16)/t6-,7+,8+/m0/s1/i2D,8D/t2?,6-,7+,8+. The number of nitrogens with one attached hydrogen (secondary N) is 1. The van der Waals surface area contributed by atoms with Gasteiger partial charge in [0.05, 0.1) is 14.1 Å². The van der Waals surface area contributed by atoms with Gasteiger partial charge < -0.3 is 14.9 Å². The van der Waals surface area contributed by atoms with E-state index < -0.39 is 42.7 Å². The maximum absolute atomic E-state index is 11.7. The zero-order valence-electron chi connectivity index (χ0n) is 11.1. The summed E-state index contributed by atoms with van der Waals surface area (Å²) >= 11 is 0. The molecule has 7 nitrogen and oxygen atoms in total. The van der Waals surface area contributed by atoms with Gasteiger partial charge in [-0.3, -0.25) is 14.3 Å². The summed E-state index contributed by atoms with van der Waals surface area (Å²) in [4.78, 5) is 25.0. The Labute approximate surface area is 99.1 Å². The summed E-state index contributed by atoms with van der Waals surface area (Å²) in [6, 6.07) is 0. The van der Waals surface area contributed by atoms with Gasteiger partial charge in [-0.1, -0.05) is 0 Å². The number of aliphatic hydroxyl groups excluding tert-OH is 2. The first-order chi connectivity index (χ1) is 8.81. The van der Waals surface area contributed by atoms with Crippen molar-refractivity contribution in [3.8, 4) is 0 Å². The van der Waals surface area contributed by atoms with Crippen LogP contribution in [0.2, 0.25) is 0 Å². The highest BCUT2D eigenvalue weighted by atomic mass is 16.5. The van der Waals surface area contributed by atoms with Gasteiger partial charge in [-0.2, -0.15) is 0 Å². The molecule has 0 aliphatic carbocycles. The van der Waals surface area contributed by atoms with E-state index in [0.29, 0.717) is 0 Å². The third-order valence-electron chi connectivity index (χ3n) is 2.50. The van der Waals surface area contributed by atoms with Crippen LogP contribution in [0.3, 0.4) is 0 Å². The number of aryl methyl sites for hydroxylation is 1. The fraction of sp³-hybridized carbons (Fsp3) is 0.600. The molecule has 0 aromatic carbocycles. The van der Waals surface area contributed by atoms with E-state index in [9.17, 15) is 14.7 Å². The van der Waals surface area contributed by atoms with E-state index in [1.54, 1.807) is 0 Å². The lowest BCUT2D eigenvalue weighted by Gasteiger charge is -2.14. The lowest BCUT2D eigenvalue weighted by molar-refractivity contribution is -0.0459. The van der Waals surface area contributed by atoms with Gasteiger partial charge in [-0.15, -0.1) is 0 Å². The summed E-state index contributed by atoms with van der Waals surface area (Å²) in [6.45, 7) is 0.861. The molecule has 0 radical (unpaired) electrons. The smallest absolute Gasteiger partial charge is 0.330 e. The molecule has 2 rings (SSSR count).